The number of benzene rings is 1. The molecule has 102 valence electrons. The van der Waals surface area contributed by atoms with E-state index in [1.807, 2.05) is 19.1 Å². The number of hydrogen-bond acceptors (Lipinski definition) is 4. The third-order valence-electron chi connectivity index (χ3n) is 2.60. The first-order chi connectivity index (χ1) is 9.44. The fourth-order valence-electron chi connectivity index (χ4n) is 1.54. The Bertz CT molecular complexity index is 780. The Kier molecular flexibility index (Phi) is 4.06. The zero-order valence-corrected chi connectivity index (χ0v) is 12.9. The van der Waals surface area contributed by atoms with Gasteiger partial charge in [0.2, 0.25) is 0 Å². The van der Waals surface area contributed by atoms with Crippen molar-refractivity contribution in [1.82, 2.24) is 4.98 Å². The topological polar surface area (TPSA) is 82.9 Å². The van der Waals surface area contributed by atoms with Crippen LogP contribution < -0.4 is 4.72 Å². The Labute approximate surface area is 125 Å². The summed E-state index contributed by atoms with van der Waals surface area (Å²) < 4.78 is 27.6. The third-order valence-corrected chi connectivity index (χ3v) is 5.00. The van der Waals surface area contributed by atoms with Crippen molar-refractivity contribution in [1.29, 1.82) is 5.26 Å². The Morgan fingerprint density at radius 3 is 2.65 bits per heavy atom. The molecule has 0 aliphatic rings. The maximum atomic E-state index is 12.2. The Morgan fingerprint density at radius 1 is 1.30 bits per heavy atom. The number of anilines is 1. The van der Waals surface area contributed by atoms with E-state index in [-0.39, 0.29) is 10.6 Å². The quantitative estimate of drug-likeness (QED) is 0.921. The molecule has 1 N–H and O–H groups in total. The molecule has 0 aliphatic carbocycles. The van der Waals surface area contributed by atoms with Crippen LogP contribution in [0.15, 0.2) is 45.9 Å². The van der Waals surface area contributed by atoms with Crippen LogP contribution in [0, 0.1) is 18.3 Å². The van der Waals surface area contributed by atoms with Crippen molar-refractivity contribution in [2.75, 3.05) is 4.72 Å². The highest BCUT2D eigenvalue weighted by Gasteiger charge is 2.16. The third kappa shape index (κ3) is 2.98. The molecule has 0 unspecified atom stereocenters. The number of nitrogens with zero attached hydrogens (tertiary/aromatic N) is 2. The van der Waals surface area contributed by atoms with E-state index < -0.39 is 10.0 Å². The molecule has 0 fully saturated rings. The van der Waals surface area contributed by atoms with Crippen LogP contribution in [-0.2, 0) is 10.0 Å². The van der Waals surface area contributed by atoms with Gasteiger partial charge in [-0.3, -0.25) is 4.72 Å². The normalized spacial score (nSPS) is 10.8. The standard InChI is InChI=1S/C13H10BrN3O2S/c1-9-3-2-4-12(13(9)14)17-20(18,19)11-6-5-10(7-15)16-8-11/h2-6,8,17H,1H3. The zero-order valence-electron chi connectivity index (χ0n) is 10.5. The Hall–Kier alpha value is -1.91. The van der Waals surface area contributed by atoms with Crippen LogP contribution in [0.2, 0.25) is 0 Å². The van der Waals surface area contributed by atoms with Gasteiger partial charge in [-0.25, -0.2) is 13.4 Å². The first-order valence-corrected chi connectivity index (χ1v) is 7.86. The van der Waals surface area contributed by atoms with Gasteiger partial charge in [-0.2, -0.15) is 5.26 Å². The maximum absolute atomic E-state index is 12.2. The molecule has 0 saturated heterocycles. The maximum Gasteiger partial charge on any atom is 0.263 e. The second kappa shape index (κ2) is 5.61. The molecule has 20 heavy (non-hydrogen) atoms. The predicted molar refractivity (Wildman–Crippen MR) is 78.6 cm³/mol. The molecular weight excluding hydrogens is 342 g/mol. The number of aryl methyl sites for hydroxylation is 1. The number of pyridine rings is 1. The molecule has 0 amide bonds. The number of sulfonamides is 1. The molecule has 1 aromatic carbocycles. The lowest BCUT2D eigenvalue weighted by molar-refractivity contribution is 0.601. The van der Waals surface area contributed by atoms with Crippen LogP contribution in [0.4, 0.5) is 5.69 Å². The zero-order chi connectivity index (χ0) is 14.8. The fourth-order valence-corrected chi connectivity index (χ4v) is 3.05. The Balaban J connectivity index is 2.36. The smallest absolute Gasteiger partial charge is 0.263 e. The molecule has 0 saturated carbocycles. The fraction of sp³-hybridized carbons (Fsp3) is 0.0769. The molecule has 1 aromatic heterocycles. The number of hydrogen-bond donors (Lipinski definition) is 1. The largest absolute Gasteiger partial charge is 0.278 e. The first-order valence-electron chi connectivity index (χ1n) is 5.58. The summed E-state index contributed by atoms with van der Waals surface area (Å²) >= 11 is 3.34. The van der Waals surface area contributed by atoms with Gasteiger partial charge in [0.05, 0.1) is 5.69 Å². The molecule has 5 nitrogen and oxygen atoms in total. The van der Waals surface area contributed by atoms with Crippen molar-refractivity contribution >= 4 is 31.6 Å². The van der Waals surface area contributed by atoms with Gasteiger partial charge in [-0.05, 0) is 46.6 Å². The molecule has 0 atom stereocenters. The van der Waals surface area contributed by atoms with Crippen molar-refractivity contribution in [3.8, 4) is 6.07 Å². The monoisotopic (exact) mass is 351 g/mol. The van der Waals surface area contributed by atoms with Crippen molar-refractivity contribution in [2.45, 2.75) is 11.8 Å². The second-order valence-electron chi connectivity index (χ2n) is 4.03. The molecule has 7 heteroatoms. The summed E-state index contributed by atoms with van der Waals surface area (Å²) in [6.07, 6.45) is 1.16. The summed E-state index contributed by atoms with van der Waals surface area (Å²) in [6, 6.07) is 9.83. The van der Waals surface area contributed by atoms with Crippen molar-refractivity contribution in [2.24, 2.45) is 0 Å². The van der Waals surface area contributed by atoms with Gasteiger partial charge < -0.3 is 0 Å². The minimum atomic E-state index is -3.73. The lowest BCUT2D eigenvalue weighted by Crippen LogP contribution is -2.13. The van der Waals surface area contributed by atoms with Crippen LogP contribution in [0.3, 0.4) is 0 Å². The van der Waals surface area contributed by atoms with E-state index in [9.17, 15) is 8.42 Å². The van der Waals surface area contributed by atoms with E-state index in [0.717, 1.165) is 11.8 Å². The molecule has 0 spiro atoms. The summed E-state index contributed by atoms with van der Waals surface area (Å²) in [6.45, 7) is 1.87. The summed E-state index contributed by atoms with van der Waals surface area (Å²) in [7, 11) is -3.73. The number of aromatic nitrogens is 1. The molecule has 0 bridgehead atoms. The SMILES string of the molecule is Cc1cccc(NS(=O)(=O)c2ccc(C#N)nc2)c1Br. The second-order valence-corrected chi connectivity index (χ2v) is 6.51. The molecule has 1 heterocycles. The molecule has 2 rings (SSSR count). The molecule has 2 aromatic rings. The summed E-state index contributed by atoms with van der Waals surface area (Å²) in [4.78, 5) is 3.76. The van der Waals surface area contributed by atoms with E-state index in [1.54, 1.807) is 12.1 Å². The highest BCUT2D eigenvalue weighted by Crippen LogP contribution is 2.27. The van der Waals surface area contributed by atoms with E-state index in [4.69, 9.17) is 5.26 Å². The lowest BCUT2D eigenvalue weighted by Gasteiger charge is -2.10. The van der Waals surface area contributed by atoms with Gasteiger partial charge in [-0.15, -0.1) is 0 Å². The van der Waals surface area contributed by atoms with E-state index in [1.165, 1.54) is 12.1 Å². The average molecular weight is 352 g/mol. The van der Waals surface area contributed by atoms with Crippen molar-refractivity contribution < 1.29 is 8.42 Å². The summed E-state index contributed by atoms with van der Waals surface area (Å²) in [5.74, 6) is 0. The van der Waals surface area contributed by atoms with Gasteiger partial charge in [0.1, 0.15) is 16.7 Å². The summed E-state index contributed by atoms with van der Waals surface area (Å²) in [5.41, 5.74) is 1.54. The van der Waals surface area contributed by atoms with Gasteiger partial charge >= 0.3 is 0 Å². The molecule has 0 radical (unpaired) electrons. The van der Waals surface area contributed by atoms with Gasteiger partial charge in [0, 0.05) is 10.7 Å². The summed E-state index contributed by atoms with van der Waals surface area (Å²) in [5, 5.41) is 8.65. The number of rotatable bonds is 3. The minimum absolute atomic E-state index is 0.00454. The van der Waals surface area contributed by atoms with Crippen LogP contribution >= 0.6 is 15.9 Å². The average Bonchev–Trinajstić information content (AvgIpc) is 2.44. The minimum Gasteiger partial charge on any atom is -0.278 e. The predicted octanol–water partition coefficient (Wildman–Crippen LogP) is 2.83. The molecule has 0 aliphatic heterocycles. The van der Waals surface area contributed by atoms with E-state index in [0.29, 0.717) is 10.2 Å². The van der Waals surface area contributed by atoms with Crippen LogP contribution in [0.1, 0.15) is 11.3 Å². The highest BCUT2D eigenvalue weighted by atomic mass is 79.9. The van der Waals surface area contributed by atoms with E-state index >= 15 is 0 Å². The molecular formula is C13H10BrN3O2S. The number of nitrogens with one attached hydrogen (secondary N) is 1. The van der Waals surface area contributed by atoms with Crippen molar-refractivity contribution in [3.05, 3.63) is 52.3 Å². The van der Waals surface area contributed by atoms with Crippen molar-refractivity contribution in [3.63, 3.8) is 0 Å². The van der Waals surface area contributed by atoms with Crippen LogP contribution in [0.25, 0.3) is 0 Å². The van der Waals surface area contributed by atoms with Gasteiger partial charge in [0.15, 0.2) is 0 Å². The lowest BCUT2D eigenvalue weighted by atomic mass is 10.2. The first kappa shape index (κ1) is 14.5. The van der Waals surface area contributed by atoms with Crippen LogP contribution in [0.5, 0.6) is 0 Å². The van der Waals surface area contributed by atoms with E-state index in [2.05, 4.69) is 25.6 Å². The van der Waals surface area contributed by atoms with Crippen LogP contribution in [-0.4, -0.2) is 13.4 Å². The Morgan fingerprint density at radius 2 is 2.05 bits per heavy atom. The van der Waals surface area contributed by atoms with Gasteiger partial charge in [-0.1, -0.05) is 12.1 Å². The number of halogens is 1. The van der Waals surface area contributed by atoms with Gasteiger partial charge in [0.25, 0.3) is 10.0 Å². The number of nitriles is 1. The highest BCUT2D eigenvalue weighted by molar-refractivity contribution is 9.10.